The van der Waals surface area contributed by atoms with Gasteiger partial charge in [-0.1, -0.05) is 13.3 Å². The highest BCUT2D eigenvalue weighted by atomic mass is 16.2. The number of hydrogen-bond donors (Lipinski definition) is 1. The number of nitrogens with zero attached hydrogens (tertiary/aromatic N) is 1. The van der Waals surface area contributed by atoms with Gasteiger partial charge in [0.1, 0.15) is 0 Å². The van der Waals surface area contributed by atoms with Gasteiger partial charge in [-0.3, -0.25) is 4.79 Å². The molecule has 2 aliphatic heterocycles. The van der Waals surface area contributed by atoms with Crippen molar-refractivity contribution in [1.82, 2.24) is 10.2 Å². The third-order valence-corrected chi connectivity index (χ3v) is 3.71. The average molecular weight is 210 g/mol. The SMILES string of the molecule is CCCCC(=O)N1CC2(CCCNC2)C1. The molecule has 3 heteroatoms. The minimum atomic E-state index is 0.369. The first-order valence-corrected chi connectivity index (χ1v) is 6.24. The molecule has 1 spiro atoms. The Bertz CT molecular complexity index is 226. The number of likely N-dealkylation sites (tertiary alicyclic amines) is 1. The van der Waals surface area contributed by atoms with Crippen molar-refractivity contribution in [2.45, 2.75) is 39.0 Å². The van der Waals surface area contributed by atoms with Crippen LogP contribution in [0.15, 0.2) is 0 Å². The van der Waals surface area contributed by atoms with Crippen molar-refractivity contribution in [1.29, 1.82) is 0 Å². The molecule has 1 amide bonds. The third kappa shape index (κ3) is 2.33. The number of piperidine rings is 1. The number of amides is 1. The molecular weight excluding hydrogens is 188 g/mol. The standard InChI is InChI=1S/C12H22N2O/c1-2-3-5-11(15)14-9-12(10-14)6-4-7-13-8-12/h13H,2-10H2,1H3. The van der Waals surface area contributed by atoms with Crippen LogP contribution in [0.25, 0.3) is 0 Å². The van der Waals surface area contributed by atoms with Crippen molar-refractivity contribution in [2.24, 2.45) is 5.41 Å². The van der Waals surface area contributed by atoms with Crippen LogP contribution in [-0.2, 0) is 4.79 Å². The van der Waals surface area contributed by atoms with Crippen LogP contribution in [0.5, 0.6) is 0 Å². The van der Waals surface area contributed by atoms with Crippen molar-refractivity contribution >= 4 is 5.91 Å². The molecule has 0 radical (unpaired) electrons. The Morgan fingerprint density at radius 2 is 2.27 bits per heavy atom. The van der Waals surface area contributed by atoms with Gasteiger partial charge in [0.05, 0.1) is 0 Å². The van der Waals surface area contributed by atoms with Crippen LogP contribution in [0, 0.1) is 5.41 Å². The summed E-state index contributed by atoms with van der Waals surface area (Å²) in [5.41, 5.74) is 0.445. The molecule has 0 aromatic carbocycles. The van der Waals surface area contributed by atoms with Gasteiger partial charge < -0.3 is 10.2 Å². The van der Waals surface area contributed by atoms with Crippen LogP contribution in [0.3, 0.4) is 0 Å². The summed E-state index contributed by atoms with van der Waals surface area (Å²) in [6.07, 6.45) is 5.49. The van der Waals surface area contributed by atoms with Gasteiger partial charge >= 0.3 is 0 Å². The first-order valence-electron chi connectivity index (χ1n) is 6.24. The lowest BCUT2D eigenvalue weighted by Crippen LogP contribution is -2.63. The first kappa shape index (κ1) is 10.9. The van der Waals surface area contributed by atoms with E-state index in [4.69, 9.17) is 0 Å². The topological polar surface area (TPSA) is 32.3 Å². The summed E-state index contributed by atoms with van der Waals surface area (Å²) in [4.78, 5) is 13.8. The van der Waals surface area contributed by atoms with E-state index in [2.05, 4.69) is 12.2 Å². The molecule has 3 nitrogen and oxygen atoms in total. The molecule has 0 aromatic rings. The minimum absolute atomic E-state index is 0.369. The van der Waals surface area contributed by atoms with Crippen LogP contribution < -0.4 is 5.32 Å². The van der Waals surface area contributed by atoms with Crippen molar-refractivity contribution in [3.05, 3.63) is 0 Å². The minimum Gasteiger partial charge on any atom is -0.341 e. The van der Waals surface area contributed by atoms with E-state index in [1.807, 2.05) is 4.90 Å². The predicted molar refractivity (Wildman–Crippen MR) is 60.6 cm³/mol. The lowest BCUT2D eigenvalue weighted by molar-refractivity contribution is -0.144. The number of rotatable bonds is 3. The summed E-state index contributed by atoms with van der Waals surface area (Å²) >= 11 is 0. The Morgan fingerprint density at radius 1 is 1.47 bits per heavy atom. The van der Waals surface area contributed by atoms with E-state index in [0.717, 1.165) is 45.4 Å². The smallest absolute Gasteiger partial charge is 0.222 e. The van der Waals surface area contributed by atoms with E-state index in [1.54, 1.807) is 0 Å². The molecule has 2 fully saturated rings. The van der Waals surface area contributed by atoms with Gasteiger partial charge in [-0.15, -0.1) is 0 Å². The summed E-state index contributed by atoms with van der Waals surface area (Å²) in [5, 5.41) is 3.44. The van der Waals surface area contributed by atoms with Gasteiger partial charge in [0.2, 0.25) is 5.91 Å². The highest BCUT2D eigenvalue weighted by molar-refractivity contribution is 5.77. The summed E-state index contributed by atoms with van der Waals surface area (Å²) in [6, 6.07) is 0. The van der Waals surface area contributed by atoms with Crippen LogP contribution in [0.2, 0.25) is 0 Å². The highest BCUT2D eigenvalue weighted by Gasteiger charge is 2.44. The van der Waals surface area contributed by atoms with Gasteiger partial charge in [-0.25, -0.2) is 0 Å². The van der Waals surface area contributed by atoms with E-state index in [-0.39, 0.29) is 0 Å². The van der Waals surface area contributed by atoms with Crippen LogP contribution in [0.4, 0.5) is 0 Å². The Kier molecular flexibility index (Phi) is 3.29. The molecule has 15 heavy (non-hydrogen) atoms. The zero-order chi connectivity index (χ0) is 10.7. The molecule has 2 heterocycles. The van der Waals surface area contributed by atoms with Crippen molar-refractivity contribution < 1.29 is 4.79 Å². The van der Waals surface area contributed by atoms with Crippen LogP contribution >= 0.6 is 0 Å². The second kappa shape index (κ2) is 4.52. The van der Waals surface area contributed by atoms with Gasteiger partial charge in [0.25, 0.3) is 0 Å². The van der Waals surface area contributed by atoms with E-state index < -0.39 is 0 Å². The maximum atomic E-state index is 11.7. The molecule has 2 rings (SSSR count). The Labute approximate surface area is 92.2 Å². The summed E-state index contributed by atoms with van der Waals surface area (Å²) < 4.78 is 0. The van der Waals surface area contributed by atoms with E-state index in [1.165, 1.54) is 12.8 Å². The predicted octanol–water partition coefficient (Wildman–Crippen LogP) is 1.39. The number of carbonyl (C=O) groups excluding carboxylic acids is 1. The van der Waals surface area contributed by atoms with Gasteiger partial charge in [0.15, 0.2) is 0 Å². The fourth-order valence-corrected chi connectivity index (χ4v) is 2.73. The van der Waals surface area contributed by atoms with E-state index in [9.17, 15) is 4.79 Å². The molecule has 1 N–H and O–H groups in total. The van der Waals surface area contributed by atoms with Gasteiger partial charge in [-0.05, 0) is 25.8 Å². The zero-order valence-corrected chi connectivity index (χ0v) is 9.72. The molecular formula is C12H22N2O. The number of carbonyl (C=O) groups is 1. The Hall–Kier alpha value is -0.570. The van der Waals surface area contributed by atoms with Gasteiger partial charge in [0, 0.05) is 31.5 Å². The molecule has 0 saturated carbocycles. The summed E-state index contributed by atoms with van der Waals surface area (Å²) in [5.74, 6) is 0.369. The average Bonchev–Trinajstić information content (AvgIpc) is 2.23. The molecule has 86 valence electrons. The molecule has 2 saturated heterocycles. The quantitative estimate of drug-likeness (QED) is 0.763. The zero-order valence-electron chi connectivity index (χ0n) is 9.72. The maximum Gasteiger partial charge on any atom is 0.222 e. The number of hydrogen-bond acceptors (Lipinski definition) is 2. The first-order chi connectivity index (χ1) is 7.26. The Balaban J connectivity index is 1.74. The fraction of sp³-hybridized carbons (Fsp3) is 0.917. The molecule has 0 aromatic heterocycles. The van der Waals surface area contributed by atoms with Crippen molar-refractivity contribution in [3.8, 4) is 0 Å². The molecule has 0 atom stereocenters. The molecule has 0 aliphatic carbocycles. The van der Waals surface area contributed by atoms with E-state index >= 15 is 0 Å². The van der Waals surface area contributed by atoms with Crippen LogP contribution in [-0.4, -0.2) is 37.0 Å². The second-order valence-corrected chi connectivity index (χ2v) is 5.13. The van der Waals surface area contributed by atoms with E-state index in [0.29, 0.717) is 11.3 Å². The van der Waals surface area contributed by atoms with Crippen LogP contribution in [0.1, 0.15) is 39.0 Å². The Morgan fingerprint density at radius 3 is 2.87 bits per heavy atom. The van der Waals surface area contributed by atoms with Gasteiger partial charge in [-0.2, -0.15) is 0 Å². The third-order valence-electron chi connectivity index (χ3n) is 3.71. The summed E-state index contributed by atoms with van der Waals surface area (Å²) in [6.45, 7) is 6.41. The molecule has 0 bridgehead atoms. The largest absolute Gasteiger partial charge is 0.341 e. The normalized spacial score (nSPS) is 23.9. The summed E-state index contributed by atoms with van der Waals surface area (Å²) in [7, 11) is 0. The lowest BCUT2D eigenvalue weighted by atomic mass is 9.74. The maximum absolute atomic E-state index is 11.7. The van der Waals surface area contributed by atoms with Crippen molar-refractivity contribution in [3.63, 3.8) is 0 Å². The number of unbranched alkanes of at least 4 members (excludes halogenated alkanes) is 1. The monoisotopic (exact) mass is 210 g/mol. The van der Waals surface area contributed by atoms with Crippen molar-refractivity contribution in [2.75, 3.05) is 26.2 Å². The lowest BCUT2D eigenvalue weighted by Gasteiger charge is -2.52. The molecule has 2 aliphatic rings. The molecule has 0 unspecified atom stereocenters. The second-order valence-electron chi connectivity index (χ2n) is 5.13. The fourth-order valence-electron chi connectivity index (χ4n) is 2.73. The number of nitrogens with one attached hydrogen (secondary N) is 1. The highest BCUT2D eigenvalue weighted by Crippen LogP contribution is 2.36.